The van der Waals surface area contributed by atoms with E-state index < -0.39 is 0 Å². The van der Waals surface area contributed by atoms with Crippen LogP contribution in [0.5, 0.6) is 0 Å². The molecule has 2 aromatic rings. The molecule has 2 aliphatic heterocycles. The maximum Gasteiger partial charge on any atom is 0.247 e. The van der Waals surface area contributed by atoms with Gasteiger partial charge in [0.15, 0.2) is 0 Å². The van der Waals surface area contributed by atoms with Crippen LogP contribution in [0.2, 0.25) is 0 Å². The molecule has 2 unspecified atom stereocenters. The van der Waals surface area contributed by atoms with Crippen molar-refractivity contribution < 1.29 is 4.79 Å². The van der Waals surface area contributed by atoms with Gasteiger partial charge in [-0.15, -0.1) is 11.3 Å². The molecule has 4 rings (SSSR count). The summed E-state index contributed by atoms with van der Waals surface area (Å²) in [6, 6.07) is 8.85. The van der Waals surface area contributed by atoms with Crippen molar-refractivity contribution in [2.45, 2.75) is 31.5 Å². The molecule has 0 saturated carbocycles. The molecule has 1 amide bonds. The van der Waals surface area contributed by atoms with Gasteiger partial charge in [0.1, 0.15) is 0 Å². The fraction of sp³-hybridized carbons (Fsp3) is 0.368. The highest BCUT2D eigenvalue weighted by Gasteiger charge is 2.41. The highest BCUT2D eigenvalue weighted by atomic mass is 32.1. The minimum absolute atomic E-state index is 0.164. The number of thiophene rings is 1. The Kier molecular flexibility index (Phi) is 4.45. The Hall–Kier alpha value is -1.98. The lowest BCUT2D eigenvalue weighted by atomic mass is 10.1. The minimum Gasteiger partial charge on any atom is -0.331 e. The predicted molar refractivity (Wildman–Crippen MR) is 96.5 cm³/mol. The van der Waals surface area contributed by atoms with E-state index in [-0.39, 0.29) is 5.91 Å². The summed E-state index contributed by atoms with van der Waals surface area (Å²) < 4.78 is 0. The molecule has 4 nitrogen and oxygen atoms in total. The summed E-state index contributed by atoms with van der Waals surface area (Å²) in [5.74, 6) is 0.164. The van der Waals surface area contributed by atoms with Crippen LogP contribution in [0, 0.1) is 0 Å². The van der Waals surface area contributed by atoms with E-state index in [0.717, 1.165) is 37.4 Å². The standard InChI is InChI=1S/C19H21N3OS/c23-19(8-7-18-4-2-10-24-18)22-16-5-6-17(22)14-21(13-16)12-15-3-1-9-20-11-15/h1-4,7-11,16-17H,5-6,12-14H2/b8-7+. The highest BCUT2D eigenvalue weighted by molar-refractivity contribution is 7.10. The van der Waals surface area contributed by atoms with Crippen LogP contribution in [0.1, 0.15) is 23.3 Å². The van der Waals surface area contributed by atoms with Crippen LogP contribution in [-0.2, 0) is 11.3 Å². The lowest BCUT2D eigenvalue weighted by Crippen LogP contribution is -2.55. The van der Waals surface area contributed by atoms with Gasteiger partial charge in [0.2, 0.25) is 5.91 Å². The number of fused-ring (bicyclic) bond motifs is 2. The van der Waals surface area contributed by atoms with Crippen molar-refractivity contribution in [2.75, 3.05) is 13.1 Å². The number of likely N-dealkylation sites (tertiary alicyclic amines) is 1. The molecule has 0 radical (unpaired) electrons. The van der Waals surface area contributed by atoms with Gasteiger partial charge in [0.05, 0.1) is 0 Å². The number of amides is 1. The van der Waals surface area contributed by atoms with Crippen LogP contribution < -0.4 is 0 Å². The molecule has 2 bridgehead atoms. The predicted octanol–water partition coefficient (Wildman–Crippen LogP) is 3.03. The van der Waals surface area contributed by atoms with Gasteiger partial charge in [-0.1, -0.05) is 12.1 Å². The molecule has 5 heteroatoms. The first-order chi connectivity index (χ1) is 11.8. The van der Waals surface area contributed by atoms with E-state index in [2.05, 4.69) is 20.9 Å². The van der Waals surface area contributed by atoms with Crippen LogP contribution >= 0.6 is 11.3 Å². The lowest BCUT2D eigenvalue weighted by molar-refractivity contribution is -0.131. The second-order valence-electron chi connectivity index (χ2n) is 6.53. The quantitative estimate of drug-likeness (QED) is 0.804. The van der Waals surface area contributed by atoms with Crippen molar-refractivity contribution in [3.8, 4) is 0 Å². The Bertz CT molecular complexity index is 699. The number of carbonyl (C=O) groups is 1. The average molecular weight is 339 g/mol. The van der Waals surface area contributed by atoms with Gasteiger partial charge in [-0.3, -0.25) is 14.7 Å². The number of rotatable bonds is 4. The summed E-state index contributed by atoms with van der Waals surface area (Å²) >= 11 is 1.66. The van der Waals surface area contributed by atoms with Crippen molar-refractivity contribution in [3.05, 3.63) is 58.6 Å². The summed E-state index contributed by atoms with van der Waals surface area (Å²) in [6.45, 7) is 2.85. The Balaban J connectivity index is 1.40. The Morgan fingerprint density at radius 2 is 2.08 bits per heavy atom. The number of nitrogens with zero attached hydrogens (tertiary/aromatic N) is 3. The number of aromatic nitrogens is 1. The van der Waals surface area contributed by atoms with Crippen molar-refractivity contribution in [1.82, 2.24) is 14.8 Å². The number of hydrogen-bond acceptors (Lipinski definition) is 4. The van der Waals surface area contributed by atoms with E-state index in [0.29, 0.717) is 12.1 Å². The number of carbonyl (C=O) groups excluding carboxylic acids is 1. The van der Waals surface area contributed by atoms with Gasteiger partial charge in [-0.25, -0.2) is 0 Å². The third-order valence-corrected chi connectivity index (χ3v) is 5.71. The fourth-order valence-electron chi connectivity index (χ4n) is 3.85. The second-order valence-corrected chi connectivity index (χ2v) is 7.51. The van der Waals surface area contributed by atoms with E-state index in [1.54, 1.807) is 17.4 Å². The first-order valence-electron chi connectivity index (χ1n) is 8.45. The van der Waals surface area contributed by atoms with Gasteiger partial charge < -0.3 is 4.90 Å². The van der Waals surface area contributed by atoms with Crippen molar-refractivity contribution >= 4 is 23.3 Å². The number of piperazine rings is 1. The normalized spacial score (nSPS) is 23.9. The van der Waals surface area contributed by atoms with Crippen LogP contribution in [0.3, 0.4) is 0 Å². The van der Waals surface area contributed by atoms with Gasteiger partial charge in [0, 0.05) is 55.1 Å². The van der Waals surface area contributed by atoms with Gasteiger partial charge in [-0.2, -0.15) is 0 Å². The molecule has 4 heterocycles. The minimum atomic E-state index is 0.164. The topological polar surface area (TPSA) is 36.4 Å². The molecule has 0 aliphatic carbocycles. The van der Waals surface area contributed by atoms with Gasteiger partial charge in [-0.05, 0) is 42.0 Å². The summed E-state index contributed by atoms with van der Waals surface area (Å²) in [5, 5.41) is 2.03. The third-order valence-electron chi connectivity index (χ3n) is 4.87. The number of hydrogen-bond donors (Lipinski definition) is 0. The number of pyridine rings is 1. The summed E-state index contributed by atoms with van der Waals surface area (Å²) in [4.78, 5) is 22.5. The summed E-state index contributed by atoms with van der Waals surface area (Å²) in [7, 11) is 0. The van der Waals surface area contributed by atoms with Crippen LogP contribution in [-0.4, -0.2) is 45.9 Å². The smallest absolute Gasteiger partial charge is 0.247 e. The largest absolute Gasteiger partial charge is 0.331 e. The van der Waals surface area contributed by atoms with E-state index in [4.69, 9.17) is 0 Å². The molecule has 2 fully saturated rings. The van der Waals surface area contributed by atoms with Crippen molar-refractivity contribution in [1.29, 1.82) is 0 Å². The molecule has 0 N–H and O–H groups in total. The van der Waals surface area contributed by atoms with Gasteiger partial charge >= 0.3 is 0 Å². The average Bonchev–Trinajstić information content (AvgIpc) is 3.20. The monoisotopic (exact) mass is 339 g/mol. The zero-order valence-electron chi connectivity index (χ0n) is 13.5. The molecule has 124 valence electrons. The summed E-state index contributed by atoms with van der Waals surface area (Å²) in [6.07, 6.45) is 9.66. The fourth-order valence-corrected chi connectivity index (χ4v) is 4.47. The molecule has 2 aliphatic rings. The highest BCUT2D eigenvalue weighted by Crippen LogP contribution is 2.31. The first kappa shape index (κ1) is 15.5. The zero-order valence-corrected chi connectivity index (χ0v) is 14.4. The molecule has 24 heavy (non-hydrogen) atoms. The molecule has 2 aromatic heterocycles. The molecule has 2 saturated heterocycles. The van der Waals surface area contributed by atoms with Gasteiger partial charge in [0.25, 0.3) is 0 Å². The van der Waals surface area contributed by atoms with Crippen molar-refractivity contribution in [3.63, 3.8) is 0 Å². The SMILES string of the molecule is O=C(/C=C/c1cccs1)N1C2CCC1CN(Cc1cccnc1)C2. The Morgan fingerprint density at radius 1 is 1.25 bits per heavy atom. The second kappa shape index (κ2) is 6.87. The van der Waals surface area contributed by atoms with E-state index in [1.807, 2.05) is 42.0 Å². The summed E-state index contributed by atoms with van der Waals surface area (Å²) in [5.41, 5.74) is 1.24. The van der Waals surface area contributed by atoms with Crippen LogP contribution in [0.25, 0.3) is 6.08 Å². The molecular formula is C19H21N3OS. The zero-order chi connectivity index (χ0) is 16.4. The molecule has 0 spiro atoms. The van der Waals surface area contributed by atoms with E-state index in [9.17, 15) is 4.79 Å². The third kappa shape index (κ3) is 3.28. The lowest BCUT2D eigenvalue weighted by Gasteiger charge is -2.40. The maximum atomic E-state index is 12.6. The molecule has 0 aromatic carbocycles. The Morgan fingerprint density at radius 3 is 2.75 bits per heavy atom. The molecular weight excluding hydrogens is 318 g/mol. The molecule has 2 atom stereocenters. The first-order valence-corrected chi connectivity index (χ1v) is 9.33. The van der Waals surface area contributed by atoms with Crippen LogP contribution in [0.4, 0.5) is 0 Å². The van der Waals surface area contributed by atoms with E-state index >= 15 is 0 Å². The Labute approximate surface area is 146 Å². The maximum absolute atomic E-state index is 12.6. The van der Waals surface area contributed by atoms with Crippen LogP contribution in [0.15, 0.2) is 48.1 Å². The van der Waals surface area contributed by atoms with E-state index in [1.165, 1.54) is 5.56 Å². The van der Waals surface area contributed by atoms with Crippen molar-refractivity contribution in [2.24, 2.45) is 0 Å².